The average Bonchev–Trinajstić information content (AvgIpc) is 3.47. The lowest BCUT2D eigenvalue weighted by Gasteiger charge is -2.37. The van der Waals surface area contributed by atoms with Crippen molar-refractivity contribution in [2.75, 3.05) is 11.5 Å². The lowest BCUT2D eigenvalue weighted by atomic mass is 9.64. The molecule has 0 aromatic heterocycles. The topological polar surface area (TPSA) is 107 Å². The number of para-hydroxylation sites is 2. The Hall–Kier alpha value is -5.37. The number of non-ortho nitro benzene ring substituents is 1. The maximum absolute atomic E-state index is 14.8. The number of nitrogens with zero attached hydrogens (tertiary/aromatic N) is 2. The molecule has 1 aliphatic carbocycles. The summed E-state index contributed by atoms with van der Waals surface area (Å²) in [5.41, 5.74) is 1.27. The standard InChI is InChI=1S/C35H26N2O6/c1-2-43-28-14-8-6-12-26(28)30-31(32(38)22-15-18-23(19-16-22)37(41)42)36-27-13-7-3-9-21(27)17-20-29(36)35(30)33(39)24-10-4-5-11-25(24)34(35)40/h3-20,29-31H,2H2,1H3/t29?,30-,31+/m1/s1. The normalized spacial score (nSPS) is 21.0. The van der Waals surface area contributed by atoms with Gasteiger partial charge in [0.15, 0.2) is 17.3 Å². The van der Waals surface area contributed by atoms with Crippen LogP contribution in [0.4, 0.5) is 11.4 Å². The molecule has 8 nitrogen and oxygen atoms in total. The molecule has 1 fully saturated rings. The molecule has 1 saturated heterocycles. The van der Waals surface area contributed by atoms with Crippen LogP contribution in [0, 0.1) is 15.5 Å². The predicted molar refractivity (Wildman–Crippen MR) is 161 cm³/mol. The second kappa shape index (κ2) is 9.87. The number of ether oxygens (including phenoxy) is 1. The molecule has 0 N–H and O–H groups in total. The van der Waals surface area contributed by atoms with Crippen molar-refractivity contribution in [3.8, 4) is 5.75 Å². The van der Waals surface area contributed by atoms with E-state index >= 15 is 0 Å². The Balaban J connectivity index is 1.54. The zero-order valence-electron chi connectivity index (χ0n) is 23.2. The van der Waals surface area contributed by atoms with Crippen molar-refractivity contribution in [2.45, 2.75) is 24.9 Å². The second-order valence-electron chi connectivity index (χ2n) is 10.9. The Morgan fingerprint density at radius 2 is 1.51 bits per heavy atom. The van der Waals surface area contributed by atoms with Gasteiger partial charge in [0, 0.05) is 46.0 Å². The summed E-state index contributed by atoms with van der Waals surface area (Å²) in [4.78, 5) is 57.1. The van der Waals surface area contributed by atoms with Crippen molar-refractivity contribution in [3.63, 3.8) is 0 Å². The van der Waals surface area contributed by atoms with E-state index < -0.39 is 28.3 Å². The Bertz CT molecular complexity index is 1830. The van der Waals surface area contributed by atoms with E-state index in [2.05, 4.69) is 0 Å². The first-order chi connectivity index (χ1) is 20.9. The van der Waals surface area contributed by atoms with Crippen molar-refractivity contribution in [2.24, 2.45) is 5.41 Å². The number of benzene rings is 4. The van der Waals surface area contributed by atoms with Crippen molar-refractivity contribution in [1.82, 2.24) is 0 Å². The molecule has 0 amide bonds. The minimum atomic E-state index is -1.66. The van der Waals surface area contributed by atoms with Crippen molar-refractivity contribution < 1.29 is 24.0 Å². The number of Topliss-reactive ketones (excluding diaryl/α,β-unsaturated/α-hetero) is 3. The maximum Gasteiger partial charge on any atom is 0.269 e. The van der Waals surface area contributed by atoms with Gasteiger partial charge in [0.25, 0.3) is 5.69 Å². The van der Waals surface area contributed by atoms with Crippen LogP contribution in [0.25, 0.3) is 6.08 Å². The fraction of sp³-hybridized carbons (Fsp3) is 0.171. The number of hydrogen-bond acceptors (Lipinski definition) is 7. The molecule has 0 radical (unpaired) electrons. The van der Waals surface area contributed by atoms with E-state index in [1.54, 1.807) is 30.3 Å². The Labute approximate surface area is 247 Å². The van der Waals surface area contributed by atoms with Gasteiger partial charge in [-0.05, 0) is 36.8 Å². The van der Waals surface area contributed by atoms with Crippen molar-refractivity contribution in [3.05, 3.63) is 141 Å². The molecule has 0 bridgehead atoms. The van der Waals surface area contributed by atoms with E-state index in [9.17, 15) is 24.5 Å². The van der Waals surface area contributed by atoms with Gasteiger partial charge in [-0.1, -0.05) is 72.8 Å². The van der Waals surface area contributed by atoms with Crippen LogP contribution >= 0.6 is 0 Å². The van der Waals surface area contributed by atoms with E-state index in [1.165, 1.54) is 24.3 Å². The zero-order chi connectivity index (χ0) is 29.9. The summed E-state index contributed by atoms with van der Waals surface area (Å²) >= 11 is 0. The number of nitro benzene ring substituents is 1. The van der Waals surface area contributed by atoms with Crippen LogP contribution in [0.2, 0.25) is 0 Å². The van der Waals surface area contributed by atoms with Gasteiger partial charge in [0.05, 0.1) is 17.6 Å². The first kappa shape index (κ1) is 26.5. The molecule has 7 rings (SSSR count). The van der Waals surface area contributed by atoms with Gasteiger partial charge < -0.3 is 9.64 Å². The third-order valence-electron chi connectivity index (χ3n) is 8.90. The highest BCUT2D eigenvalue weighted by molar-refractivity contribution is 6.32. The maximum atomic E-state index is 14.8. The smallest absolute Gasteiger partial charge is 0.269 e. The highest BCUT2D eigenvalue weighted by atomic mass is 16.6. The number of carbonyl (C=O) groups is 3. The fourth-order valence-electron chi connectivity index (χ4n) is 7.20. The fourth-order valence-corrected chi connectivity index (χ4v) is 7.20. The lowest BCUT2D eigenvalue weighted by Crippen LogP contribution is -2.48. The number of carbonyl (C=O) groups excluding carboxylic acids is 3. The van der Waals surface area contributed by atoms with Crippen LogP contribution in [-0.4, -0.2) is 41.0 Å². The van der Waals surface area contributed by atoms with Crippen molar-refractivity contribution in [1.29, 1.82) is 0 Å². The van der Waals surface area contributed by atoms with E-state index in [1.807, 2.05) is 66.4 Å². The molecular weight excluding hydrogens is 544 g/mol. The first-order valence-electron chi connectivity index (χ1n) is 14.1. The number of rotatable bonds is 6. The van der Waals surface area contributed by atoms with Crippen LogP contribution in [-0.2, 0) is 0 Å². The molecule has 1 unspecified atom stereocenters. The Morgan fingerprint density at radius 3 is 2.19 bits per heavy atom. The molecular formula is C35H26N2O6. The van der Waals surface area contributed by atoms with Gasteiger partial charge in [0.2, 0.25) is 0 Å². The number of ketones is 3. The summed E-state index contributed by atoms with van der Waals surface area (Å²) < 4.78 is 6.05. The van der Waals surface area contributed by atoms with Crippen LogP contribution < -0.4 is 9.64 Å². The van der Waals surface area contributed by atoms with Gasteiger partial charge in [-0.2, -0.15) is 0 Å². The summed E-state index contributed by atoms with van der Waals surface area (Å²) in [6.07, 6.45) is 3.77. The number of nitro groups is 1. The minimum absolute atomic E-state index is 0.140. The van der Waals surface area contributed by atoms with Gasteiger partial charge in [-0.3, -0.25) is 24.5 Å². The van der Waals surface area contributed by atoms with Crippen LogP contribution in [0.1, 0.15) is 55.0 Å². The number of fused-ring (bicyclic) bond motifs is 5. The zero-order valence-corrected chi connectivity index (χ0v) is 23.2. The summed E-state index contributed by atoms with van der Waals surface area (Å²) in [7, 11) is 0. The van der Waals surface area contributed by atoms with E-state index in [0.29, 0.717) is 29.0 Å². The Kier molecular flexibility index (Phi) is 6.09. The van der Waals surface area contributed by atoms with Crippen LogP contribution in [0.3, 0.4) is 0 Å². The molecule has 212 valence electrons. The summed E-state index contributed by atoms with van der Waals surface area (Å²) in [6.45, 7) is 2.19. The molecule has 4 aromatic carbocycles. The highest BCUT2D eigenvalue weighted by Gasteiger charge is 2.71. The SMILES string of the molecule is CCOc1ccccc1[C@@H]1[C@@H](C(=O)c2ccc([N+](=O)[O-])cc2)N2c3ccccc3C=CC2C12C(=O)c1ccccc1C2=O. The Morgan fingerprint density at radius 1 is 0.884 bits per heavy atom. The third-order valence-corrected chi connectivity index (χ3v) is 8.90. The summed E-state index contributed by atoms with van der Waals surface area (Å²) in [6, 6.07) is 25.3. The largest absolute Gasteiger partial charge is 0.494 e. The van der Waals surface area contributed by atoms with Gasteiger partial charge in [-0.15, -0.1) is 0 Å². The summed E-state index contributed by atoms with van der Waals surface area (Å²) in [5, 5.41) is 11.4. The van der Waals surface area contributed by atoms with Gasteiger partial charge in [-0.25, -0.2) is 0 Å². The molecule has 0 saturated carbocycles. The molecule has 3 atom stereocenters. The molecule has 3 aliphatic rings. The van der Waals surface area contributed by atoms with Crippen LogP contribution in [0.5, 0.6) is 5.75 Å². The monoisotopic (exact) mass is 570 g/mol. The average molecular weight is 571 g/mol. The van der Waals surface area contributed by atoms with Crippen molar-refractivity contribution >= 4 is 34.8 Å². The van der Waals surface area contributed by atoms with E-state index in [4.69, 9.17) is 4.74 Å². The first-order valence-corrected chi connectivity index (χ1v) is 14.1. The molecule has 1 spiro atoms. The lowest BCUT2D eigenvalue weighted by molar-refractivity contribution is -0.384. The van der Waals surface area contributed by atoms with E-state index in [0.717, 1.165) is 11.3 Å². The molecule has 43 heavy (non-hydrogen) atoms. The molecule has 2 heterocycles. The van der Waals surface area contributed by atoms with Crippen LogP contribution in [0.15, 0.2) is 103 Å². The molecule has 4 aromatic rings. The minimum Gasteiger partial charge on any atom is -0.494 e. The highest BCUT2D eigenvalue weighted by Crippen LogP contribution is 2.62. The molecule has 8 heteroatoms. The van der Waals surface area contributed by atoms with Gasteiger partial charge >= 0.3 is 0 Å². The second-order valence-corrected chi connectivity index (χ2v) is 10.9. The summed E-state index contributed by atoms with van der Waals surface area (Å²) in [5.74, 6) is -1.46. The number of hydrogen-bond donors (Lipinski definition) is 0. The number of anilines is 1. The quantitative estimate of drug-likeness (QED) is 0.116. The predicted octanol–water partition coefficient (Wildman–Crippen LogP) is 6.31. The van der Waals surface area contributed by atoms with Gasteiger partial charge in [0.1, 0.15) is 17.2 Å². The third kappa shape index (κ3) is 3.65. The molecule has 2 aliphatic heterocycles. The van der Waals surface area contributed by atoms with E-state index in [-0.39, 0.29) is 28.6 Å².